The summed E-state index contributed by atoms with van der Waals surface area (Å²) < 4.78 is 26.3. The van der Waals surface area contributed by atoms with E-state index in [9.17, 15) is 0 Å². The van der Waals surface area contributed by atoms with Crippen LogP contribution in [0, 0.1) is 0 Å². The van der Waals surface area contributed by atoms with Crippen LogP contribution in [0.2, 0.25) is 84.1 Å². The maximum Gasteiger partial charge on any atom is 0.469 e. The summed E-state index contributed by atoms with van der Waals surface area (Å²) in [5.74, 6) is 0. The standard InChI is InChI=1S/C23H58O4Si5/c1-13-24-31(11,12)22-20-18-16-14-15-17-19-21-23-32(25-28(2,3)4,26-29(5,6)7)27-30(8,9)10/h13-23H2,1-12H3. The van der Waals surface area contributed by atoms with Gasteiger partial charge in [-0.1, -0.05) is 44.9 Å². The zero-order chi connectivity index (χ0) is 25.1. The topological polar surface area (TPSA) is 36.9 Å². The molecule has 0 rings (SSSR count). The van der Waals surface area contributed by atoms with Gasteiger partial charge in [-0.05, 0) is 91.4 Å². The maximum atomic E-state index is 6.79. The summed E-state index contributed by atoms with van der Waals surface area (Å²) in [6.07, 6.45) is 10.5. The fourth-order valence-corrected chi connectivity index (χ4v) is 20.8. The third-order valence-corrected chi connectivity index (χ3v) is 19.6. The summed E-state index contributed by atoms with van der Waals surface area (Å²) in [5.41, 5.74) is 0. The highest BCUT2D eigenvalue weighted by atomic mass is 28.5. The summed E-state index contributed by atoms with van der Waals surface area (Å²) in [6, 6.07) is 2.29. The quantitative estimate of drug-likeness (QED) is 0.121. The van der Waals surface area contributed by atoms with Gasteiger partial charge in [0.15, 0.2) is 33.3 Å². The van der Waals surface area contributed by atoms with Gasteiger partial charge in [0.05, 0.1) is 0 Å². The van der Waals surface area contributed by atoms with E-state index in [1.54, 1.807) is 0 Å². The van der Waals surface area contributed by atoms with E-state index in [4.69, 9.17) is 16.8 Å². The molecule has 0 saturated carbocycles. The van der Waals surface area contributed by atoms with Crippen molar-refractivity contribution in [1.29, 1.82) is 0 Å². The molecule has 0 aliphatic rings. The first kappa shape index (κ1) is 32.9. The van der Waals surface area contributed by atoms with E-state index in [1.807, 2.05) is 0 Å². The summed E-state index contributed by atoms with van der Waals surface area (Å²) in [4.78, 5) is 0. The van der Waals surface area contributed by atoms with Crippen molar-refractivity contribution in [3.63, 3.8) is 0 Å². The Labute approximate surface area is 207 Å². The van der Waals surface area contributed by atoms with Crippen molar-refractivity contribution < 1.29 is 16.8 Å². The lowest BCUT2D eigenvalue weighted by Gasteiger charge is -2.43. The molecule has 0 radical (unpaired) electrons. The first-order chi connectivity index (χ1) is 14.4. The van der Waals surface area contributed by atoms with Gasteiger partial charge in [0.2, 0.25) is 0 Å². The Kier molecular flexibility index (Phi) is 14.9. The van der Waals surface area contributed by atoms with Crippen molar-refractivity contribution in [1.82, 2.24) is 0 Å². The second kappa shape index (κ2) is 14.5. The highest BCUT2D eigenvalue weighted by molar-refractivity contribution is 6.90. The Bertz CT molecular complexity index is 455. The van der Waals surface area contributed by atoms with Crippen molar-refractivity contribution in [3.05, 3.63) is 0 Å². The van der Waals surface area contributed by atoms with Crippen molar-refractivity contribution in [2.45, 2.75) is 142 Å². The van der Waals surface area contributed by atoms with Gasteiger partial charge >= 0.3 is 8.80 Å². The lowest BCUT2D eigenvalue weighted by Crippen LogP contribution is -2.60. The monoisotopic (exact) mass is 538 g/mol. The first-order valence-corrected chi connectivity index (χ1v) is 28.4. The van der Waals surface area contributed by atoms with Crippen LogP contribution in [0.25, 0.3) is 0 Å². The van der Waals surface area contributed by atoms with Crippen LogP contribution in [0.15, 0.2) is 0 Å². The molecule has 0 aliphatic heterocycles. The van der Waals surface area contributed by atoms with Crippen LogP contribution in [0.4, 0.5) is 0 Å². The van der Waals surface area contributed by atoms with Crippen molar-refractivity contribution in [3.8, 4) is 0 Å². The Balaban J connectivity index is 4.49. The van der Waals surface area contributed by atoms with E-state index in [2.05, 4.69) is 78.9 Å². The molecule has 9 heteroatoms. The van der Waals surface area contributed by atoms with E-state index in [0.717, 1.165) is 12.7 Å². The summed E-state index contributed by atoms with van der Waals surface area (Å²) >= 11 is 0. The Morgan fingerprint density at radius 3 is 1.06 bits per heavy atom. The highest BCUT2D eigenvalue weighted by Crippen LogP contribution is 2.30. The van der Waals surface area contributed by atoms with Gasteiger partial charge in [-0.2, -0.15) is 0 Å². The van der Waals surface area contributed by atoms with Gasteiger partial charge < -0.3 is 16.8 Å². The van der Waals surface area contributed by atoms with Gasteiger partial charge in [0.25, 0.3) is 0 Å². The molecule has 0 unspecified atom stereocenters. The number of rotatable bonds is 19. The first-order valence-electron chi connectivity index (χ1n) is 13.1. The third-order valence-electron chi connectivity index (χ3n) is 4.93. The lowest BCUT2D eigenvalue weighted by molar-refractivity contribution is 0.250. The van der Waals surface area contributed by atoms with Crippen LogP contribution < -0.4 is 0 Å². The van der Waals surface area contributed by atoms with Crippen molar-refractivity contribution >= 4 is 42.1 Å². The minimum Gasteiger partial charge on any atom is -0.418 e. The molecule has 4 nitrogen and oxygen atoms in total. The molecule has 0 aliphatic carbocycles. The molecule has 32 heavy (non-hydrogen) atoms. The SMILES string of the molecule is CCO[Si](C)(C)CCCCCCCCCC[Si](O[Si](C)(C)C)(O[Si](C)(C)C)O[Si](C)(C)C. The third kappa shape index (κ3) is 19.3. The van der Waals surface area contributed by atoms with Crippen LogP contribution in [0.5, 0.6) is 0 Å². The van der Waals surface area contributed by atoms with E-state index in [1.165, 1.54) is 57.4 Å². The molecular weight excluding hydrogens is 481 g/mol. The lowest BCUT2D eigenvalue weighted by atomic mass is 10.1. The molecule has 0 aromatic rings. The highest BCUT2D eigenvalue weighted by Gasteiger charge is 2.49. The van der Waals surface area contributed by atoms with Gasteiger partial charge in [-0.25, -0.2) is 0 Å². The maximum absolute atomic E-state index is 6.79. The summed E-state index contributed by atoms with van der Waals surface area (Å²) in [5, 5.41) is 0. The molecule has 0 N–H and O–H groups in total. The van der Waals surface area contributed by atoms with Crippen LogP contribution in [-0.4, -0.2) is 48.7 Å². The van der Waals surface area contributed by atoms with E-state index >= 15 is 0 Å². The number of unbranched alkanes of at least 4 members (excludes halogenated alkanes) is 7. The van der Waals surface area contributed by atoms with E-state index < -0.39 is 42.1 Å². The molecule has 194 valence electrons. The van der Waals surface area contributed by atoms with E-state index in [0.29, 0.717) is 0 Å². The van der Waals surface area contributed by atoms with Gasteiger partial charge in [0.1, 0.15) is 0 Å². The zero-order valence-electron chi connectivity index (χ0n) is 23.9. The molecule has 0 aromatic heterocycles. The van der Waals surface area contributed by atoms with Crippen LogP contribution in [-0.2, 0) is 16.8 Å². The normalized spacial score (nSPS) is 14.2. The molecule has 0 atom stereocenters. The molecule has 0 amide bonds. The van der Waals surface area contributed by atoms with Crippen LogP contribution in [0.3, 0.4) is 0 Å². The minimum absolute atomic E-state index is 0.873. The second-order valence-corrected chi connectivity index (χ2v) is 34.1. The smallest absolute Gasteiger partial charge is 0.418 e. The summed E-state index contributed by atoms with van der Waals surface area (Å²) in [6.45, 7) is 28.1. The predicted octanol–water partition coefficient (Wildman–Crippen LogP) is 8.84. The molecule has 0 fully saturated rings. The minimum atomic E-state index is -2.64. The molecule has 0 spiro atoms. The number of hydrogen-bond donors (Lipinski definition) is 0. The number of hydrogen-bond acceptors (Lipinski definition) is 4. The summed E-state index contributed by atoms with van der Waals surface area (Å²) in [7, 11) is -9.28. The fraction of sp³-hybridized carbons (Fsp3) is 1.00. The van der Waals surface area contributed by atoms with Crippen molar-refractivity contribution in [2.24, 2.45) is 0 Å². The molecule has 0 heterocycles. The Morgan fingerprint density at radius 2 is 0.750 bits per heavy atom. The fourth-order valence-electron chi connectivity index (χ4n) is 4.03. The average molecular weight is 539 g/mol. The zero-order valence-corrected chi connectivity index (χ0v) is 28.9. The Morgan fingerprint density at radius 1 is 0.438 bits per heavy atom. The van der Waals surface area contributed by atoms with Crippen LogP contribution in [0.1, 0.15) is 58.3 Å². The van der Waals surface area contributed by atoms with Crippen molar-refractivity contribution in [2.75, 3.05) is 6.61 Å². The molecule has 0 bridgehead atoms. The van der Waals surface area contributed by atoms with Gasteiger partial charge in [-0.15, -0.1) is 0 Å². The molecule has 0 saturated heterocycles. The van der Waals surface area contributed by atoms with E-state index in [-0.39, 0.29) is 0 Å². The largest absolute Gasteiger partial charge is 0.469 e. The Hall–Kier alpha value is 0.924. The van der Waals surface area contributed by atoms with Crippen LogP contribution >= 0.6 is 0 Å². The molecule has 0 aromatic carbocycles. The van der Waals surface area contributed by atoms with Gasteiger partial charge in [0, 0.05) is 12.7 Å². The average Bonchev–Trinajstić information content (AvgIpc) is 2.51. The molecular formula is C23H58O4Si5. The predicted molar refractivity (Wildman–Crippen MR) is 155 cm³/mol. The second-order valence-electron chi connectivity index (χ2n) is 12.8. The van der Waals surface area contributed by atoms with Gasteiger partial charge in [-0.3, -0.25) is 0 Å².